The van der Waals surface area contributed by atoms with Gasteiger partial charge in [-0.15, -0.1) is 0 Å². The number of rotatable bonds is 8. The second-order valence-electron chi connectivity index (χ2n) is 6.98. The fourth-order valence-electron chi connectivity index (χ4n) is 3.10. The Kier molecular flexibility index (Phi) is 7.64. The number of ether oxygens (including phenoxy) is 1. The van der Waals surface area contributed by atoms with Crippen LogP contribution in [-0.2, 0) is 20.9 Å². The van der Waals surface area contributed by atoms with Gasteiger partial charge < -0.3 is 20.1 Å². The lowest BCUT2D eigenvalue weighted by molar-refractivity contribution is -0.140. The number of hydrogen-bond acceptors (Lipinski definition) is 4. The summed E-state index contributed by atoms with van der Waals surface area (Å²) in [4.78, 5) is 37.3. The van der Waals surface area contributed by atoms with Crippen LogP contribution in [0.4, 0.5) is 0 Å². The molecule has 0 bridgehead atoms. The Morgan fingerprint density at radius 1 is 1.37 bits per heavy atom. The zero-order valence-electron chi connectivity index (χ0n) is 15.9. The SMILES string of the molecule is CCC(C)C(=O)N1CCCC(C(=O)NCc2cccc(OCC(=O)O)c2)C1. The molecule has 0 radical (unpaired) electrons. The standard InChI is InChI=1S/C20H28N2O5/c1-3-14(2)20(26)22-9-5-7-16(12-22)19(25)21-11-15-6-4-8-17(10-15)27-13-18(23)24/h4,6,8,10,14,16H,3,5,7,9,11-13H2,1-2H3,(H,21,25)(H,23,24). The molecule has 2 N–H and O–H groups in total. The Morgan fingerprint density at radius 3 is 2.85 bits per heavy atom. The van der Waals surface area contributed by atoms with E-state index in [-0.39, 0.29) is 23.7 Å². The second-order valence-corrected chi connectivity index (χ2v) is 6.98. The average Bonchev–Trinajstić information content (AvgIpc) is 2.69. The number of piperidine rings is 1. The van der Waals surface area contributed by atoms with Gasteiger partial charge in [-0.3, -0.25) is 9.59 Å². The van der Waals surface area contributed by atoms with Gasteiger partial charge in [-0.25, -0.2) is 4.79 Å². The Bertz CT molecular complexity index is 676. The van der Waals surface area contributed by atoms with Crippen molar-refractivity contribution in [2.45, 2.75) is 39.7 Å². The minimum absolute atomic E-state index is 0.0136. The number of aliphatic carboxylic acids is 1. The van der Waals surface area contributed by atoms with Crippen LogP contribution in [0.5, 0.6) is 5.75 Å². The van der Waals surface area contributed by atoms with Gasteiger partial charge in [0.25, 0.3) is 0 Å². The lowest BCUT2D eigenvalue weighted by atomic mass is 9.95. The fourth-order valence-corrected chi connectivity index (χ4v) is 3.10. The van der Waals surface area contributed by atoms with Crippen LogP contribution in [0, 0.1) is 11.8 Å². The molecule has 2 amide bonds. The van der Waals surface area contributed by atoms with Crippen molar-refractivity contribution in [1.82, 2.24) is 10.2 Å². The van der Waals surface area contributed by atoms with Crippen molar-refractivity contribution in [2.24, 2.45) is 11.8 Å². The Morgan fingerprint density at radius 2 is 2.15 bits per heavy atom. The minimum Gasteiger partial charge on any atom is -0.482 e. The highest BCUT2D eigenvalue weighted by atomic mass is 16.5. The Hall–Kier alpha value is -2.57. The van der Waals surface area contributed by atoms with Crippen molar-refractivity contribution in [2.75, 3.05) is 19.7 Å². The highest BCUT2D eigenvalue weighted by molar-refractivity contribution is 5.82. The summed E-state index contributed by atoms with van der Waals surface area (Å²) in [6.45, 7) is 5.03. The van der Waals surface area contributed by atoms with Gasteiger partial charge in [0, 0.05) is 25.6 Å². The number of carbonyl (C=O) groups excluding carboxylic acids is 2. The molecule has 0 aliphatic carbocycles. The van der Waals surface area contributed by atoms with Crippen molar-refractivity contribution < 1.29 is 24.2 Å². The van der Waals surface area contributed by atoms with Crippen LogP contribution in [0.15, 0.2) is 24.3 Å². The summed E-state index contributed by atoms with van der Waals surface area (Å²) in [7, 11) is 0. The lowest BCUT2D eigenvalue weighted by Crippen LogP contribution is -2.46. The number of nitrogens with zero attached hydrogens (tertiary/aromatic N) is 1. The normalized spacial score (nSPS) is 17.9. The molecule has 1 heterocycles. The number of carboxylic acid groups (broad SMARTS) is 1. The maximum atomic E-state index is 12.5. The molecule has 1 fully saturated rings. The molecule has 2 unspecified atom stereocenters. The van der Waals surface area contributed by atoms with Crippen LogP contribution in [0.2, 0.25) is 0 Å². The monoisotopic (exact) mass is 376 g/mol. The predicted octanol–water partition coefficient (Wildman–Crippen LogP) is 2.05. The van der Waals surface area contributed by atoms with Gasteiger partial charge in [-0.1, -0.05) is 26.0 Å². The molecule has 0 spiro atoms. The molecule has 1 aromatic rings. The molecule has 1 aliphatic heterocycles. The summed E-state index contributed by atoms with van der Waals surface area (Å²) in [5.74, 6) is -0.736. The maximum absolute atomic E-state index is 12.5. The second kappa shape index (κ2) is 9.94. The molecule has 0 aromatic heterocycles. The molecular weight excluding hydrogens is 348 g/mol. The molecule has 148 valence electrons. The van der Waals surface area contributed by atoms with Crippen LogP contribution in [0.25, 0.3) is 0 Å². The predicted molar refractivity (Wildman–Crippen MR) is 100 cm³/mol. The Balaban J connectivity index is 1.87. The average molecular weight is 376 g/mol. The molecule has 1 aromatic carbocycles. The molecule has 2 atom stereocenters. The van der Waals surface area contributed by atoms with Crippen LogP contribution in [0.3, 0.4) is 0 Å². The molecule has 1 saturated heterocycles. The molecule has 1 aliphatic rings. The van der Waals surface area contributed by atoms with Crippen molar-refractivity contribution >= 4 is 17.8 Å². The zero-order chi connectivity index (χ0) is 19.8. The number of nitrogens with one attached hydrogen (secondary N) is 1. The van der Waals surface area contributed by atoms with Crippen LogP contribution >= 0.6 is 0 Å². The molecule has 0 saturated carbocycles. The van der Waals surface area contributed by atoms with E-state index in [4.69, 9.17) is 9.84 Å². The van der Waals surface area contributed by atoms with Crippen molar-refractivity contribution in [1.29, 1.82) is 0 Å². The smallest absolute Gasteiger partial charge is 0.341 e. The molecule has 2 rings (SSSR count). The summed E-state index contributed by atoms with van der Waals surface area (Å²) in [6, 6.07) is 6.98. The van der Waals surface area contributed by atoms with Gasteiger partial charge in [0.2, 0.25) is 11.8 Å². The molecule has 7 nitrogen and oxygen atoms in total. The van der Waals surface area contributed by atoms with E-state index >= 15 is 0 Å². The van der Waals surface area contributed by atoms with Gasteiger partial charge in [0.1, 0.15) is 5.75 Å². The summed E-state index contributed by atoms with van der Waals surface area (Å²) in [5, 5.41) is 11.6. The quantitative estimate of drug-likeness (QED) is 0.724. The molecule has 7 heteroatoms. The van der Waals surface area contributed by atoms with Gasteiger partial charge in [-0.2, -0.15) is 0 Å². The summed E-state index contributed by atoms with van der Waals surface area (Å²) < 4.78 is 5.15. The van der Waals surface area contributed by atoms with Gasteiger partial charge >= 0.3 is 5.97 Å². The van der Waals surface area contributed by atoms with Gasteiger partial charge in [0.05, 0.1) is 5.92 Å². The van der Waals surface area contributed by atoms with Crippen LogP contribution in [-0.4, -0.2) is 47.5 Å². The first-order chi connectivity index (χ1) is 12.9. The zero-order valence-corrected chi connectivity index (χ0v) is 15.9. The minimum atomic E-state index is -1.04. The first-order valence-electron chi connectivity index (χ1n) is 9.40. The van der Waals surface area contributed by atoms with E-state index in [0.29, 0.717) is 18.8 Å². The summed E-state index contributed by atoms with van der Waals surface area (Å²) in [6.07, 6.45) is 2.41. The van der Waals surface area contributed by atoms with Crippen molar-refractivity contribution in [3.8, 4) is 5.75 Å². The number of carbonyl (C=O) groups is 3. The largest absolute Gasteiger partial charge is 0.482 e. The number of hydrogen-bond donors (Lipinski definition) is 2. The van der Waals surface area contributed by atoms with Gasteiger partial charge in [-0.05, 0) is 37.0 Å². The first kappa shape index (κ1) is 20.7. The van der Waals surface area contributed by atoms with E-state index in [2.05, 4.69) is 5.32 Å². The third-order valence-corrected chi connectivity index (χ3v) is 4.87. The van der Waals surface area contributed by atoms with E-state index in [1.807, 2.05) is 24.8 Å². The molecular formula is C20H28N2O5. The van der Waals surface area contributed by atoms with E-state index in [0.717, 1.165) is 31.4 Å². The highest BCUT2D eigenvalue weighted by Crippen LogP contribution is 2.20. The summed E-state index contributed by atoms with van der Waals surface area (Å²) >= 11 is 0. The van der Waals surface area contributed by atoms with Gasteiger partial charge in [0.15, 0.2) is 6.61 Å². The highest BCUT2D eigenvalue weighted by Gasteiger charge is 2.29. The third-order valence-electron chi connectivity index (χ3n) is 4.87. The maximum Gasteiger partial charge on any atom is 0.341 e. The number of amides is 2. The van der Waals surface area contributed by atoms with Crippen molar-refractivity contribution in [3.63, 3.8) is 0 Å². The van der Waals surface area contributed by atoms with E-state index in [1.54, 1.807) is 18.2 Å². The van der Waals surface area contributed by atoms with E-state index in [9.17, 15) is 14.4 Å². The van der Waals surface area contributed by atoms with E-state index < -0.39 is 12.6 Å². The van der Waals surface area contributed by atoms with Crippen molar-refractivity contribution in [3.05, 3.63) is 29.8 Å². The van der Waals surface area contributed by atoms with Crippen LogP contribution in [0.1, 0.15) is 38.7 Å². The molecule has 27 heavy (non-hydrogen) atoms. The lowest BCUT2D eigenvalue weighted by Gasteiger charge is -2.33. The Labute approximate surface area is 159 Å². The van der Waals surface area contributed by atoms with Crippen LogP contribution < -0.4 is 10.1 Å². The number of likely N-dealkylation sites (tertiary alicyclic amines) is 1. The van der Waals surface area contributed by atoms with E-state index in [1.165, 1.54) is 0 Å². The number of benzene rings is 1. The number of carboxylic acids is 1. The first-order valence-corrected chi connectivity index (χ1v) is 9.40. The fraction of sp³-hybridized carbons (Fsp3) is 0.550. The topological polar surface area (TPSA) is 95.9 Å². The third kappa shape index (κ3) is 6.27. The summed E-state index contributed by atoms with van der Waals surface area (Å²) in [5.41, 5.74) is 0.828.